The number of carbonyl (C=O) groups is 1. The van der Waals surface area contributed by atoms with Crippen molar-refractivity contribution < 1.29 is 9.53 Å². The molecule has 0 saturated carbocycles. The smallest absolute Gasteiger partial charge is 0.333 e. The summed E-state index contributed by atoms with van der Waals surface area (Å²) in [5.74, 6) is -0.304. The summed E-state index contributed by atoms with van der Waals surface area (Å²) < 4.78 is 5.24. The summed E-state index contributed by atoms with van der Waals surface area (Å²) in [6, 6.07) is 0. The summed E-state index contributed by atoms with van der Waals surface area (Å²) in [6.45, 7) is 13.1. The summed E-state index contributed by atoms with van der Waals surface area (Å²) in [6.07, 6.45) is 19.4. The van der Waals surface area contributed by atoms with E-state index in [1.807, 2.05) is 0 Å². The van der Waals surface area contributed by atoms with Gasteiger partial charge in [-0.1, -0.05) is 97.0 Å². The molecule has 0 rings (SSSR count). The Morgan fingerprint density at radius 3 is 1.63 bits per heavy atom. The van der Waals surface area contributed by atoms with Gasteiger partial charge in [-0.2, -0.15) is 0 Å². The van der Waals surface area contributed by atoms with E-state index in [-0.39, 0.29) is 11.5 Å². The maximum Gasteiger partial charge on any atom is 0.333 e. The second-order valence-corrected chi connectivity index (χ2v) is 8.76. The van der Waals surface area contributed by atoms with Crippen molar-refractivity contribution in [3.8, 4) is 0 Å². The molecular weight excluding hydrogens is 334 g/mol. The van der Waals surface area contributed by atoms with E-state index >= 15 is 0 Å². The highest BCUT2D eigenvalue weighted by molar-refractivity contribution is 5.86. The van der Waals surface area contributed by atoms with Crippen LogP contribution in [0.25, 0.3) is 0 Å². The van der Waals surface area contributed by atoms with Crippen molar-refractivity contribution in [2.24, 2.45) is 0 Å². The van der Waals surface area contributed by atoms with E-state index in [9.17, 15) is 4.79 Å². The van der Waals surface area contributed by atoms with Gasteiger partial charge in [0.05, 0.1) is 0 Å². The van der Waals surface area contributed by atoms with E-state index in [0.29, 0.717) is 12.2 Å². The number of esters is 1. The molecule has 0 unspecified atom stereocenters. The van der Waals surface area contributed by atoms with E-state index < -0.39 is 0 Å². The molecule has 0 aromatic carbocycles. The molecule has 0 saturated heterocycles. The lowest BCUT2D eigenvalue weighted by Gasteiger charge is -2.26. The predicted molar refractivity (Wildman–Crippen MR) is 118 cm³/mol. The molecule has 0 fully saturated rings. The highest BCUT2D eigenvalue weighted by Gasteiger charge is 2.19. The molecule has 160 valence electrons. The fourth-order valence-electron chi connectivity index (χ4n) is 3.17. The lowest BCUT2D eigenvalue weighted by molar-refractivity contribution is -0.140. The van der Waals surface area contributed by atoms with Gasteiger partial charge in [-0.15, -0.1) is 0 Å². The third-order valence-corrected chi connectivity index (χ3v) is 5.05. The molecule has 0 aliphatic carbocycles. The molecule has 0 aromatic heterocycles. The van der Waals surface area contributed by atoms with Crippen LogP contribution < -0.4 is 5.32 Å². The fourth-order valence-corrected chi connectivity index (χ4v) is 3.17. The molecular formula is C24H47NO2. The van der Waals surface area contributed by atoms with Gasteiger partial charge in [-0.05, 0) is 33.7 Å². The maximum absolute atomic E-state index is 11.5. The Hall–Kier alpha value is -0.830. The molecule has 0 aromatic rings. The van der Waals surface area contributed by atoms with E-state index in [4.69, 9.17) is 4.74 Å². The highest BCUT2D eigenvalue weighted by Crippen LogP contribution is 2.13. The minimum Gasteiger partial charge on any atom is -0.460 e. The zero-order valence-corrected chi connectivity index (χ0v) is 18.8. The van der Waals surface area contributed by atoms with Crippen molar-refractivity contribution in [1.29, 1.82) is 0 Å². The third kappa shape index (κ3) is 18.3. The first kappa shape index (κ1) is 26.2. The Morgan fingerprint density at radius 2 is 1.22 bits per heavy atom. The van der Waals surface area contributed by atoms with Gasteiger partial charge in [0.15, 0.2) is 0 Å². The summed E-state index contributed by atoms with van der Waals surface area (Å²) in [4.78, 5) is 11.5. The zero-order valence-electron chi connectivity index (χ0n) is 18.8. The lowest BCUT2D eigenvalue weighted by Crippen LogP contribution is -2.44. The molecule has 3 heteroatoms. The van der Waals surface area contributed by atoms with Crippen molar-refractivity contribution in [2.75, 3.05) is 13.2 Å². The average Bonchev–Trinajstić information content (AvgIpc) is 2.62. The number of unbranched alkanes of at least 4 members (excludes halogenated alkanes) is 13. The summed E-state index contributed by atoms with van der Waals surface area (Å²) in [7, 11) is 0. The van der Waals surface area contributed by atoms with Gasteiger partial charge in [0, 0.05) is 11.1 Å². The van der Waals surface area contributed by atoms with Crippen molar-refractivity contribution in [3.05, 3.63) is 12.2 Å². The predicted octanol–water partition coefficient (Wildman–Crippen LogP) is 6.96. The van der Waals surface area contributed by atoms with Crippen LogP contribution >= 0.6 is 0 Å². The van der Waals surface area contributed by atoms with Crippen molar-refractivity contribution in [2.45, 2.75) is 123 Å². The van der Waals surface area contributed by atoms with Gasteiger partial charge in [0.2, 0.25) is 0 Å². The maximum atomic E-state index is 11.5. The first-order valence-electron chi connectivity index (χ1n) is 11.5. The second-order valence-electron chi connectivity index (χ2n) is 8.76. The highest BCUT2D eigenvalue weighted by atomic mass is 16.5. The quantitative estimate of drug-likeness (QED) is 0.149. The first-order valence-corrected chi connectivity index (χ1v) is 11.5. The Labute approximate surface area is 169 Å². The topological polar surface area (TPSA) is 38.3 Å². The molecule has 0 aliphatic heterocycles. The first-order chi connectivity index (χ1) is 12.9. The van der Waals surface area contributed by atoms with Crippen LogP contribution in [0.1, 0.15) is 118 Å². The summed E-state index contributed by atoms with van der Waals surface area (Å²) >= 11 is 0. The minimum atomic E-state index is -0.304. The third-order valence-electron chi connectivity index (χ3n) is 5.05. The Balaban J connectivity index is 3.34. The number of hydrogen-bond donors (Lipinski definition) is 1. The Kier molecular flexibility index (Phi) is 16.7. The van der Waals surface area contributed by atoms with Gasteiger partial charge in [0.1, 0.15) is 6.61 Å². The van der Waals surface area contributed by atoms with Crippen LogP contribution in [0.3, 0.4) is 0 Å². The van der Waals surface area contributed by atoms with Crippen LogP contribution in [-0.2, 0) is 9.53 Å². The molecule has 0 bridgehead atoms. The van der Waals surface area contributed by atoms with Crippen LogP contribution in [0.4, 0.5) is 0 Å². The largest absolute Gasteiger partial charge is 0.460 e. The van der Waals surface area contributed by atoms with Crippen LogP contribution in [0.2, 0.25) is 0 Å². The number of ether oxygens (including phenoxy) is 1. The molecule has 0 heterocycles. The van der Waals surface area contributed by atoms with Gasteiger partial charge in [-0.3, -0.25) is 0 Å². The molecule has 0 spiro atoms. The van der Waals surface area contributed by atoms with Crippen molar-refractivity contribution in [3.63, 3.8) is 0 Å². The number of hydrogen-bond acceptors (Lipinski definition) is 3. The standard InChI is InChI=1S/C24H47NO2/c1-6-7-8-9-10-11-12-13-14-15-16-17-18-19-20-25-24(4,5)21-27-23(26)22(2)3/h25H,2,6-21H2,1,3-5H3. The summed E-state index contributed by atoms with van der Waals surface area (Å²) in [5, 5.41) is 3.49. The van der Waals surface area contributed by atoms with Crippen molar-refractivity contribution >= 4 is 5.97 Å². The molecule has 27 heavy (non-hydrogen) atoms. The van der Waals surface area contributed by atoms with E-state index in [1.54, 1.807) is 6.92 Å². The van der Waals surface area contributed by atoms with Gasteiger partial charge >= 0.3 is 5.97 Å². The second kappa shape index (κ2) is 17.3. The van der Waals surface area contributed by atoms with E-state index in [2.05, 4.69) is 32.7 Å². The SMILES string of the molecule is C=C(C)C(=O)OCC(C)(C)NCCCCCCCCCCCCCCCC. The zero-order chi connectivity index (χ0) is 20.4. The Bertz CT molecular complexity index is 377. The number of carbonyl (C=O) groups excluding carboxylic acids is 1. The monoisotopic (exact) mass is 381 g/mol. The fraction of sp³-hybridized carbons (Fsp3) is 0.875. The van der Waals surface area contributed by atoms with Gasteiger partial charge < -0.3 is 10.1 Å². The number of rotatable bonds is 19. The minimum absolute atomic E-state index is 0.179. The molecule has 1 N–H and O–H groups in total. The Morgan fingerprint density at radius 1 is 0.815 bits per heavy atom. The van der Waals surface area contributed by atoms with E-state index in [1.165, 1.54) is 89.9 Å². The molecule has 0 amide bonds. The van der Waals surface area contributed by atoms with Gasteiger partial charge in [-0.25, -0.2) is 4.79 Å². The molecule has 0 atom stereocenters. The normalized spacial score (nSPS) is 11.6. The average molecular weight is 382 g/mol. The number of nitrogens with one attached hydrogen (secondary N) is 1. The summed E-state index contributed by atoms with van der Waals surface area (Å²) in [5.41, 5.74) is 0.277. The van der Waals surface area contributed by atoms with Crippen LogP contribution in [0, 0.1) is 0 Å². The molecule has 0 aliphatic rings. The molecule has 3 nitrogen and oxygen atoms in total. The van der Waals surface area contributed by atoms with Crippen molar-refractivity contribution in [1.82, 2.24) is 5.32 Å². The van der Waals surface area contributed by atoms with Crippen LogP contribution in [0.5, 0.6) is 0 Å². The van der Waals surface area contributed by atoms with E-state index in [0.717, 1.165) is 6.54 Å². The van der Waals surface area contributed by atoms with Crippen LogP contribution in [-0.4, -0.2) is 24.7 Å². The molecule has 0 radical (unpaired) electrons. The lowest BCUT2D eigenvalue weighted by atomic mass is 10.0. The van der Waals surface area contributed by atoms with Crippen LogP contribution in [0.15, 0.2) is 12.2 Å². The van der Waals surface area contributed by atoms with Gasteiger partial charge in [0.25, 0.3) is 0 Å².